The SMILES string of the molecule is C=CC(O)[C@@H](C)[C@H]1CC[C@H]2[C@@H]3CC=C4C[C@@H](OCOC)C[C@H](OCOC)[C@]4(C)[C@H]3CC[C@]12C. The molecule has 0 spiro atoms. The smallest absolute Gasteiger partial charge is 0.146 e. The third kappa shape index (κ3) is 4.27. The van der Waals surface area contributed by atoms with E-state index in [1.54, 1.807) is 20.3 Å². The molecular weight excluding hydrogens is 416 g/mol. The number of aliphatic hydroxyl groups excluding tert-OH is 1. The summed E-state index contributed by atoms with van der Waals surface area (Å²) < 4.78 is 22.9. The first-order chi connectivity index (χ1) is 15.8. The molecule has 0 aromatic heterocycles. The Morgan fingerprint density at radius 3 is 2.55 bits per heavy atom. The number of methoxy groups -OCH3 is 2. The topological polar surface area (TPSA) is 57.2 Å². The Hall–Kier alpha value is -0.720. The Morgan fingerprint density at radius 2 is 1.85 bits per heavy atom. The molecule has 4 aliphatic carbocycles. The molecule has 0 aromatic rings. The van der Waals surface area contributed by atoms with Crippen LogP contribution >= 0.6 is 0 Å². The monoisotopic (exact) mass is 462 g/mol. The summed E-state index contributed by atoms with van der Waals surface area (Å²) in [5.74, 6) is 2.85. The minimum atomic E-state index is -0.409. The summed E-state index contributed by atoms with van der Waals surface area (Å²) in [6.07, 6.45) is 12.1. The third-order valence-electron chi connectivity index (χ3n) is 10.4. The summed E-state index contributed by atoms with van der Waals surface area (Å²) in [6, 6.07) is 0. The van der Waals surface area contributed by atoms with Gasteiger partial charge in [0.15, 0.2) is 0 Å². The van der Waals surface area contributed by atoms with Gasteiger partial charge in [0.05, 0.1) is 18.3 Å². The van der Waals surface area contributed by atoms with Gasteiger partial charge in [-0.15, -0.1) is 6.58 Å². The predicted octanol–water partition coefficient (Wildman–Crippen LogP) is 5.34. The molecule has 4 rings (SSSR count). The van der Waals surface area contributed by atoms with E-state index in [0.717, 1.165) is 19.3 Å². The van der Waals surface area contributed by atoms with Crippen molar-refractivity contribution in [2.45, 2.75) is 84.0 Å². The van der Waals surface area contributed by atoms with Gasteiger partial charge in [0.2, 0.25) is 0 Å². The second-order valence-corrected chi connectivity index (χ2v) is 11.6. The van der Waals surface area contributed by atoms with Crippen LogP contribution in [0.3, 0.4) is 0 Å². The van der Waals surface area contributed by atoms with Crippen molar-refractivity contribution < 1.29 is 24.1 Å². The normalized spacial score (nSPS) is 44.2. The van der Waals surface area contributed by atoms with Crippen molar-refractivity contribution in [1.29, 1.82) is 0 Å². The van der Waals surface area contributed by atoms with Gasteiger partial charge in [-0.2, -0.15) is 0 Å². The summed E-state index contributed by atoms with van der Waals surface area (Å²) in [5, 5.41) is 10.5. The lowest BCUT2D eigenvalue weighted by Gasteiger charge is -2.60. The Balaban J connectivity index is 1.60. The molecule has 5 heteroatoms. The van der Waals surface area contributed by atoms with Crippen LogP contribution in [0.2, 0.25) is 0 Å². The fourth-order valence-electron chi connectivity index (χ4n) is 8.70. The van der Waals surface area contributed by atoms with E-state index in [4.69, 9.17) is 18.9 Å². The minimum Gasteiger partial charge on any atom is -0.389 e. The summed E-state index contributed by atoms with van der Waals surface area (Å²) in [5.41, 5.74) is 1.85. The number of fused-ring (bicyclic) bond motifs is 5. The van der Waals surface area contributed by atoms with E-state index < -0.39 is 6.10 Å². The molecule has 0 bridgehead atoms. The lowest BCUT2D eigenvalue weighted by atomic mass is 9.46. The molecule has 188 valence electrons. The maximum atomic E-state index is 10.5. The lowest BCUT2D eigenvalue weighted by Crippen LogP contribution is -2.56. The Labute approximate surface area is 200 Å². The van der Waals surface area contributed by atoms with Gasteiger partial charge in [0.1, 0.15) is 13.6 Å². The largest absolute Gasteiger partial charge is 0.389 e. The van der Waals surface area contributed by atoms with Crippen molar-refractivity contribution in [2.24, 2.45) is 40.4 Å². The highest BCUT2D eigenvalue weighted by molar-refractivity contribution is 5.28. The van der Waals surface area contributed by atoms with Crippen molar-refractivity contribution >= 4 is 0 Å². The zero-order valence-electron chi connectivity index (χ0n) is 21.4. The van der Waals surface area contributed by atoms with Crippen LogP contribution in [0.4, 0.5) is 0 Å². The minimum absolute atomic E-state index is 0.0278. The highest BCUT2D eigenvalue weighted by Gasteiger charge is 2.61. The molecule has 10 atom stereocenters. The summed E-state index contributed by atoms with van der Waals surface area (Å²) in [4.78, 5) is 0. The molecule has 1 N–H and O–H groups in total. The van der Waals surface area contributed by atoms with Crippen LogP contribution in [0.5, 0.6) is 0 Å². The number of hydrogen-bond acceptors (Lipinski definition) is 5. The van der Waals surface area contributed by atoms with Crippen molar-refractivity contribution in [1.82, 2.24) is 0 Å². The second kappa shape index (κ2) is 10.1. The standard InChI is InChI=1S/C28H46O5/c1-7-25(29)18(2)22-10-11-23-21-9-8-19-14-20(32-16-30-5)15-26(33-17-31-6)28(19,4)24(21)12-13-27(22,23)3/h7-8,18,20-26,29H,1,9-17H2,2-6H3/t18-,20+,21-,22+,23-,24-,25?,26-,27+,28-/m0/s1. The number of ether oxygens (including phenoxy) is 4. The van der Waals surface area contributed by atoms with Crippen molar-refractivity contribution in [3.8, 4) is 0 Å². The van der Waals surface area contributed by atoms with Crippen LogP contribution in [0, 0.1) is 40.4 Å². The van der Waals surface area contributed by atoms with Gasteiger partial charge in [0, 0.05) is 26.1 Å². The number of rotatable bonds is 9. The first-order valence-electron chi connectivity index (χ1n) is 13.0. The fraction of sp³-hybridized carbons (Fsp3) is 0.857. The van der Waals surface area contributed by atoms with E-state index in [0.29, 0.717) is 42.7 Å². The van der Waals surface area contributed by atoms with Crippen LogP contribution in [0.15, 0.2) is 24.3 Å². The maximum Gasteiger partial charge on any atom is 0.146 e. The zero-order chi connectivity index (χ0) is 23.8. The molecule has 0 heterocycles. The number of allylic oxidation sites excluding steroid dienone is 1. The third-order valence-corrected chi connectivity index (χ3v) is 10.4. The van der Waals surface area contributed by atoms with E-state index >= 15 is 0 Å². The summed E-state index contributed by atoms with van der Waals surface area (Å²) >= 11 is 0. The van der Waals surface area contributed by atoms with Crippen LogP contribution in [-0.4, -0.2) is 51.2 Å². The van der Waals surface area contributed by atoms with Gasteiger partial charge in [-0.25, -0.2) is 0 Å². The molecule has 1 unspecified atom stereocenters. The summed E-state index contributed by atoms with van der Waals surface area (Å²) in [7, 11) is 3.38. The van der Waals surface area contributed by atoms with Crippen LogP contribution in [0.1, 0.15) is 65.7 Å². The van der Waals surface area contributed by atoms with Gasteiger partial charge in [-0.1, -0.05) is 38.5 Å². The molecule has 0 aliphatic heterocycles. The number of aliphatic hydroxyl groups is 1. The van der Waals surface area contributed by atoms with Crippen molar-refractivity contribution in [3.05, 3.63) is 24.3 Å². The molecule has 0 saturated heterocycles. The van der Waals surface area contributed by atoms with E-state index in [-0.39, 0.29) is 23.5 Å². The van der Waals surface area contributed by atoms with Gasteiger partial charge in [0.25, 0.3) is 0 Å². The van der Waals surface area contributed by atoms with E-state index in [1.165, 1.54) is 31.3 Å². The highest BCUT2D eigenvalue weighted by Crippen LogP contribution is 2.67. The molecule has 5 nitrogen and oxygen atoms in total. The van der Waals surface area contributed by atoms with Gasteiger partial charge < -0.3 is 24.1 Å². The van der Waals surface area contributed by atoms with Crippen LogP contribution in [0.25, 0.3) is 0 Å². The van der Waals surface area contributed by atoms with Crippen LogP contribution in [-0.2, 0) is 18.9 Å². The number of hydrogen-bond donors (Lipinski definition) is 1. The first-order valence-corrected chi connectivity index (χ1v) is 13.0. The molecule has 33 heavy (non-hydrogen) atoms. The molecule has 4 aliphatic rings. The van der Waals surface area contributed by atoms with Crippen LogP contribution < -0.4 is 0 Å². The first kappa shape index (κ1) is 25.4. The fourth-order valence-corrected chi connectivity index (χ4v) is 8.70. The quantitative estimate of drug-likeness (QED) is 0.370. The molecule has 3 saturated carbocycles. The molecule has 0 aromatic carbocycles. The molecule has 0 radical (unpaired) electrons. The van der Waals surface area contributed by atoms with Crippen molar-refractivity contribution in [3.63, 3.8) is 0 Å². The zero-order valence-corrected chi connectivity index (χ0v) is 21.4. The average Bonchev–Trinajstić information content (AvgIpc) is 3.17. The average molecular weight is 463 g/mol. The lowest BCUT2D eigenvalue weighted by molar-refractivity contribution is -0.180. The van der Waals surface area contributed by atoms with Crippen molar-refractivity contribution in [2.75, 3.05) is 27.8 Å². The Kier molecular flexibility index (Phi) is 7.77. The molecule has 0 amide bonds. The second-order valence-electron chi connectivity index (χ2n) is 11.6. The van der Waals surface area contributed by atoms with Gasteiger partial charge in [-0.05, 0) is 73.5 Å². The molecular formula is C28H46O5. The Morgan fingerprint density at radius 1 is 1.12 bits per heavy atom. The highest BCUT2D eigenvalue weighted by atomic mass is 16.7. The van der Waals surface area contributed by atoms with E-state index in [2.05, 4.69) is 33.4 Å². The Bertz CT molecular complexity index is 721. The van der Waals surface area contributed by atoms with Gasteiger partial charge in [-0.3, -0.25) is 0 Å². The van der Waals surface area contributed by atoms with Gasteiger partial charge >= 0.3 is 0 Å². The maximum absolute atomic E-state index is 10.5. The summed E-state index contributed by atoms with van der Waals surface area (Å²) in [6.45, 7) is 11.7. The van der Waals surface area contributed by atoms with E-state index in [1.807, 2.05) is 0 Å². The van der Waals surface area contributed by atoms with E-state index in [9.17, 15) is 5.11 Å². The molecule has 3 fully saturated rings. The predicted molar refractivity (Wildman–Crippen MR) is 129 cm³/mol.